The number of nitrogens with one attached hydrogen (secondary N) is 1. The first-order valence-corrected chi connectivity index (χ1v) is 14.4. The molecule has 3 aromatic carbocycles. The number of hydrogen-bond acceptors (Lipinski definition) is 4. The van der Waals surface area contributed by atoms with Crippen molar-refractivity contribution in [3.63, 3.8) is 0 Å². The van der Waals surface area contributed by atoms with Crippen LogP contribution in [-0.2, 0) is 26.2 Å². The van der Waals surface area contributed by atoms with Crippen molar-refractivity contribution in [1.82, 2.24) is 10.2 Å². The van der Waals surface area contributed by atoms with E-state index in [9.17, 15) is 18.0 Å². The third-order valence-electron chi connectivity index (χ3n) is 6.02. The summed E-state index contributed by atoms with van der Waals surface area (Å²) in [5.41, 5.74) is 1.75. The molecule has 2 amide bonds. The number of aryl methyl sites for hydroxylation is 1. The third kappa shape index (κ3) is 6.87. The lowest BCUT2D eigenvalue weighted by molar-refractivity contribution is -0.140. The number of benzene rings is 3. The lowest BCUT2D eigenvalue weighted by Gasteiger charge is -2.33. The molecule has 0 spiro atoms. The number of amides is 2. The lowest BCUT2D eigenvalue weighted by Crippen LogP contribution is -2.52. The van der Waals surface area contributed by atoms with Crippen molar-refractivity contribution in [2.75, 3.05) is 17.4 Å². The van der Waals surface area contributed by atoms with Gasteiger partial charge in [-0.25, -0.2) is 8.42 Å². The zero-order valence-electron chi connectivity index (χ0n) is 21.5. The van der Waals surface area contributed by atoms with Crippen LogP contribution >= 0.6 is 23.2 Å². The van der Waals surface area contributed by atoms with Crippen LogP contribution in [0.3, 0.4) is 0 Å². The summed E-state index contributed by atoms with van der Waals surface area (Å²) in [5.74, 6) is -0.869. The van der Waals surface area contributed by atoms with Crippen LogP contribution in [-0.4, -0.2) is 44.3 Å². The van der Waals surface area contributed by atoms with Gasteiger partial charge in [0.1, 0.15) is 12.6 Å². The minimum absolute atomic E-state index is 0.00248. The van der Waals surface area contributed by atoms with Crippen molar-refractivity contribution in [3.8, 4) is 0 Å². The molecule has 0 radical (unpaired) electrons. The Morgan fingerprint density at radius 1 is 0.921 bits per heavy atom. The maximum atomic E-state index is 13.9. The molecule has 3 aromatic rings. The molecular weight excluding hydrogens is 545 g/mol. The Morgan fingerprint density at radius 2 is 1.58 bits per heavy atom. The van der Waals surface area contributed by atoms with E-state index >= 15 is 0 Å². The Labute approximate surface area is 234 Å². The molecule has 0 unspecified atom stereocenters. The van der Waals surface area contributed by atoms with Crippen molar-refractivity contribution in [1.29, 1.82) is 0 Å². The van der Waals surface area contributed by atoms with Gasteiger partial charge in [-0.15, -0.1) is 0 Å². The van der Waals surface area contributed by atoms with E-state index < -0.39 is 28.5 Å². The molecular formula is C28H31Cl2N3O4S. The third-order valence-corrected chi connectivity index (χ3v) is 8.60. The minimum atomic E-state index is -4.23. The van der Waals surface area contributed by atoms with E-state index in [1.165, 1.54) is 29.2 Å². The van der Waals surface area contributed by atoms with E-state index in [2.05, 4.69) is 5.32 Å². The largest absolute Gasteiger partial charge is 0.355 e. The first-order chi connectivity index (χ1) is 18.1. The normalized spacial score (nSPS) is 12.0. The molecule has 1 N–H and O–H groups in total. The molecule has 0 saturated heterocycles. The van der Waals surface area contributed by atoms with E-state index in [1.54, 1.807) is 32.0 Å². The SMILES string of the molecule is CCNC(=O)[C@@H](CC)N(Cc1ccccc1)C(=O)CN(c1cccc(Cl)c1Cl)S(=O)(=O)c1ccc(C)cc1. The maximum Gasteiger partial charge on any atom is 0.264 e. The van der Waals surface area contributed by atoms with Crippen molar-refractivity contribution in [2.24, 2.45) is 0 Å². The highest BCUT2D eigenvalue weighted by Gasteiger charge is 2.34. The van der Waals surface area contributed by atoms with Crippen LogP contribution in [0.25, 0.3) is 0 Å². The van der Waals surface area contributed by atoms with Crippen molar-refractivity contribution < 1.29 is 18.0 Å². The van der Waals surface area contributed by atoms with Gasteiger partial charge in [0.25, 0.3) is 10.0 Å². The number of hydrogen-bond donors (Lipinski definition) is 1. The van der Waals surface area contributed by atoms with Gasteiger partial charge in [0.15, 0.2) is 0 Å². The van der Waals surface area contributed by atoms with Gasteiger partial charge in [-0.2, -0.15) is 0 Å². The summed E-state index contributed by atoms with van der Waals surface area (Å²) >= 11 is 12.7. The molecule has 0 fully saturated rings. The van der Waals surface area contributed by atoms with Crippen LogP contribution in [0.5, 0.6) is 0 Å². The van der Waals surface area contributed by atoms with Gasteiger partial charge in [-0.3, -0.25) is 13.9 Å². The van der Waals surface area contributed by atoms with Gasteiger partial charge < -0.3 is 10.2 Å². The molecule has 0 aliphatic heterocycles. The zero-order chi connectivity index (χ0) is 27.9. The number of carbonyl (C=O) groups is 2. The molecule has 1 atom stereocenters. The molecule has 0 saturated carbocycles. The summed E-state index contributed by atoms with van der Waals surface area (Å²) in [6.07, 6.45) is 0.340. The fourth-order valence-corrected chi connectivity index (χ4v) is 5.90. The highest BCUT2D eigenvalue weighted by atomic mass is 35.5. The lowest BCUT2D eigenvalue weighted by atomic mass is 10.1. The minimum Gasteiger partial charge on any atom is -0.355 e. The topological polar surface area (TPSA) is 86.8 Å². The number of nitrogens with zero attached hydrogens (tertiary/aromatic N) is 2. The molecule has 0 bridgehead atoms. The highest BCUT2D eigenvalue weighted by molar-refractivity contribution is 7.92. The summed E-state index contributed by atoms with van der Waals surface area (Å²) in [6.45, 7) is 5.38. The summed E-state index contributed by atoms with van der Waals surface area (Å²) in [6, 6.07) is 19.3. The van der Waals surface area contributed by atoms with Crippen LogP contribution in [0, 0.1) is 6.92 Å². The quantitative estimate of drug-likeness (QED) is 0.330. The van der Waals surface area contributed by atoms with Gasteiger partial charge in [0.2, 0.25) is 11.8 Å². The van der Waals surface area contributed by atoms with Gasteiger partial charge in [0, 0.05) is 13.1 Å². The maximum absolute atomic E-state index is 13.9. The summed E-state index contributed by atoms with van der Waals surface area (Å²) in [5, 5.41) is 2.93. The second-order valence-electron chi connectivity index (χ2n) is 8.72. The average molecular weight is 577 g/mol. The van der Waals surface area contributed by atoms with E-state index in [4.69, 9.17) is 23.2 Å². The van der Waals surface area contributed by atoms with Crippen LogP contribution in [0.1, 0.15) is 31.4 Å². The van der Waals surface area contributed by atoms with E-state index in [0.29, 0.717) is 13.0 Å². The van der Waals surface area contributed by atoms with Gasteiger partial charge in [-0.05, 0) is 50.1 Å². The van der Waals surface area contributed by atoms with Crippen LogP contribution in [0.15, 0.2) is 77.7 Å². The Bertz CT molecular complexity index is 1370. The van der Waals surface area contributed by atoms with E-state index in [-0.39, 0.29) is 33.1 Å². The number of anilines is 1. The first-order valence-electron chi connectivity index (χ1n) is 12.2. The average Bonchev–Trinajstić information content (AvgIpc) is 2.90. The summed E-state index contributed by atoms with van der Waals surface area (Å²) in [4.78, 5) is 28.3. The standard InChI is InChI=1S/C28H31Cl2N3O4S/c1-4-24(28(35)31-5-2)32(18-21-10-7-6-8-11-21)26(34)19-33(25-13-9-12-23(29)27(25)30)38(36,37)22-16-14-20(3)15-17-22/h6-17,24H,4-5,18-19H2,1-3H3,(H,31,35)/t24-/m1/s1. The Hall–Kier alpha value is -3.07. The number of sulfonamides is 1. The van der Waals surface area contributed by atoms with Crippen molar-refractivity contribution in [2.45, 2.75) is 44.7 Å². The van der Waals surface area contributed by atoms with Crippen LogP contribution < -0.4 is 9.62 Å². The van der Waals surface area contributed by atoms with Gasteiger partial charge in [0.05, 0.1) is 20.6 Å². The molecule has 0 aliphatic rings. The van der Waals surface area contributed by atoms with Gasteiger partial charge in [-0.1, -0.05) is 84.2 Å². The fourth-order valence-electron chi connectivity index (χ4n) is 4.03. The monoisotopic (exact) mass is 575 g/mol. The van der Waals surface area contributed by atoms with Crippen LogP contribution in [0.2, 0.25) is 10.0 Å². The number of rotatable bonds is 11. The molecule has 38 heavy (non-hydrogen) atoms. The van der Waals surface area contributed by atoms with Crippen LogP contribution in [0.4, 0.5) is 5.69 Å². The van der Waals surface area contributed by atoms with E-state index in [1.807, 2.05) is 37.3 Å². The Morgan fingerprint density at radius 3 is 2.18 bits per heavy atom. The Kier molecular flexibility index (Phi) is 10.2. The second kappa shape index (κ2) is 13.1. The molecule has 0 aliphatic carbocycles. The summed E-state index contributed by atoms with van der Waals surface area (Å²) < 4.78 is 28.7. The number of carbonyl (C=O) groups excluding carboxylic acids is 2. The summed E-state index contributed by atoms with van der Waals surface area (Å²) in [7, 11) is -4.23. The molecule has 7 nitrogen and oxygen atoms in total. The molecule has 3 rings (SSSR count). The van der Waals surface area contributed by atoms with Crippen molar-refractivity contribution in [3.05, 3.63) is 94.0 Å². The molecule has 202 valence electrons. The van der Waals surface area contributed by atoms with E-state index in [0.717, 1.165) is 15.4 Å². The molecule has 0 heterocycles. The predicted molar refractivity (Wildman–Crippen MR) is 152 cm³/mol. The smallest absolute Gasteiger partial charge is 0.264 e. The van der Waals surface area contributed by atoms with Gasteiger partial charge >= 0.3 is 0 Å². The zero-order valence-corrected chi connectivity index (χ0v) is 23.9. The van der Waals surface area contributed by atoms with Crippen molar-refractivity contribution >= 4 is 50.7 Å². The number of halogens is 2. The Balaban J connectivity index is 2.09. The molecule has 0 aromatic heterocycles. The number of likely N-dealkylation sites (N-methyl/N-ethyl adjacent to an activating group) is 1. The predicted octanol–water partition coefficient (Wildman–Crippen LogP) is 5.44. The fraction of sp³-hybridized carbons (Fsp3) is 0.286. The first kappa shape index (κ1) is 29.5. The highest BCUT2D eigenvalue weighted by Crippen LogP contribution is 2.35. The molecule has 10 heteroatoms. The second-order valence-corrected chi connectivity index (χ2v) is 11.4.